The summed E-state index contributed by atoms with van der Waals surface area (Å²) < 4.78 is 20.3. The van der Waals surface area contributed by atoms with E-state index in [1.165, 1.54) is 0 Å². The van der Waals surface area contributed by atoms with Gasteiger partial charge in [-0.15, -0.1) is 0 Å². The Morgan fingerprint density at radius 2 is 1.29 bits per heavy atom. The average Bonchev–Trinajstić information content (AvgIpc) is 2.91. The summed E-state index contributed by atoms with van der Waals surface area (Å²) in [7, 11) is 0. The second kappa shape index (κ2) is 17.8. The molecule has 0 aromatic carbocycles. The number of piperidine rings is 2. The van der Waals surface area contributed by atoms with Gasteiger partial charge in [-0.25, -0.2) is 0 Å². The lowest BCUT2D eigenvalue weighted by Gasteiger charge is -2.38. The van der Waals surface area contributed by atoms with Crippen molar-refractivity contribution in [1.29, 1.82) is 0 Å². The molecule has 0 aromatic rings. The van der Waals surface area contributed by atoms with Gasteiger partial charge in [-0.1, -0.05) is 0 Å². The van der Waals surface area contributed by atoms with Crippen LogP contribution in [0.5, 0.6) is 0 Å². The van der Waals surface area contributed by atoms with E-state index in [0.717, 1.165) is 77.9 Å². The highest BCUT2D eigenvalue weighted by Gasteiger charge is 2.30. The van der Waals surface area contributed by atoms with Crippen LogP contribution in [0.15, 0.2) is 0 Å². The number of esters is 2. The molecule has 4 fully saturated rings. The lowest BCUT2D eigenvalue weighted by Crippen LogP contribution is -2.45. The SMILES string of the molecule is CCOC(=O)C1CCN(C2CCOCC2)CC1.CCOC(=O)C1CCNCC1.O=C1CCOCC1. The molecule has 0 unspecified atom stereocenters. The Morgan fingerprint density at radius 3 is 1.74 bits per heavy atom. The number of rotatable bonds is 5. The molecule has 0 aromatic heterocycles. The van der Waals surface area contributed by atoms with Crippen molar-refractivity contribution >= 4 is 17.7 Å². The van der Waals surface area contributed by atoms with Crippen molar-refractivity contribution in [3.63, 3.8) is 0 Å². The first kappa shape index (κ1) is 29.7. The molecule has 0 amide bonds. The van der Waals surface area contributed by atoms with Crippen LogP contribution in [-0.4, -0.2) is 94.5 Å². The maximum atomic E-state index is 11.6. The molecule has 202 valence electrons. The molecule has 0 spiro atoms. The maximum Gasteiger partial charge on any atom is 0.309 e. The van der Waals surface area contributed by atoms with E-state index in [9.17, 15) is 14.4 Å². The minimum Gasteiger partial charge on any atom is -0.466 e. The Labute approximate surface area is 210 Å². The second-order valence-electron chi connectivity index (χ2n) is 9.33. The predicted molar refractivity (Wildman–Crippen MR) is 132 cm³/mol. The fourth-order valence-electron chi connectivity index (χ4n) is 4.73. The molecule has 0 radical (unpaired) electrons. The van der Waals surface area contributed by atoms with E-state index >= 15 is 0 Å². The fraction of sp³-hybridized carbons (Fsp3) is 0.885. The minimum absolute atomic E-state index is 0.000808. The van der Waals surface area contributed by atoms with Crippen molar-refractivity contribution in [3.8, 4) is 0 Å². The third-order valence-corrected chi connectivity index (χ3v) is 6.87. The van der Waals surface area contributed by atoms with E-state index < -0.39 is 0 Å². The van der Waals surface area contributed by atoms with E-state index in [4.69, 9.17) is 18.9 Å². The predicted octanol–water partition coefficient (Wildman–Crippen LogP) is 2.36. The van der Waals surface area contributed by atoms with Crippen LogP contribution >= 0.6 is 0 Å². The average molecular weight is 499 g/mol. The Hall–Kier alpha value is -1.55. The number of likely N-dealkylation sites (tertiary alicyclic amines) is 1. The molecule has 1 N–H and O–H groups in total. The topological polar surface area (TPSA) is 103 Å². The molecule has 4 aliphatic rings. The highest BCUT2D eigenvalue weighted by Crippen LogP contribution is 2.24. The summed E-state index contributed by atoms with van der Waals surface area (Å²) in [6, 6.07) is 0.673. The smallest absolute Gasteiger partial charge is 0.309 e. The van der Waals surface area contributed by atoms with Gasteiger partial charge in [-0.2, -0.15) is 0 Å². The highest BCUT2D eigenvalue weighted by molar-refractivity contribution is 5.79. The summed E-state index contributed by atoms with van der Waals surface area (Å²) in [5.41, 5.74) is 0. The molecular weight excluding hydrogens is 452 g/mol. The standard InChI is InChI=1S/C13H23NO3.C8H15NO2.C5H8O2/c1-2-17-13(15)11-3-7-14(8-4-11)12-5-9-16-10-6-12;1-2-11-8(10)7-3-5-9-6-4-7;6-5-1-3-7-4-2-5/h11-12H,2-10H2,1H3;7,9H,2-6H2,1H3;1-4H2. The van der Waals surface area contributed by atoms with Gasteiger partial charge in [-0.3, -0.25) is 14.4 Å². The van der Waals surface area contributed by atoms with Gasteiger partial charge in [0.1, 0.15) is 5.78 Å². The number of hydrogen-bond acceptors (Lipinski definition) is 9. The third kappa shape index (κ3) is 11.8. The van der Waals surface area contributed by atoms with Crippen LogP contribution in [-0.2, 0) is 33.3 Å². The normalized spacial score (nSPS) is 22.7. The third-order valence-electron chi connectivity index (χ3n) is 6.87. The van der Waals surface area contributed by atoms with Crippen molar-refractivity contribution < 1.29 is 33.3 Å². The number of carbonyl (C=O) groups excluding carboxylic acids is 3. The largest absolute Gasteiger partial charge is 0.466 e. The van der Waals surface area contributed by atoms with E-state index in [0.29, 0.717) is 51.1 Å². The zero-order valence-corrected chi connectivity index (χ0v) is 21.8. The molecular formula is C26H46N2O7. The monoisotopic (exact) mass is 498 g/mol. The first-order chi connectivity index (χ1) is 17.0. The zero-order chi connectivity index (χ0) is 25.3. The fourth-order valence-corrected chi connectivity index (χ4v) is 4.73. The van der Waals surface area contributed by atoms with Gasteiger partial charge < -0.3 is 29.2 Å². The number of hydrogen-bond donors (Lipinski definition) is 1. The van der Waals surface area contributed by atoms with Crippen LogP contribution in [0.2, 0.25) is 0 Å². The van der Waals surface area contributed by atoms with Crippen LogP contribution in [0.1, 0.15) is 65.2 Å². The molecule has 0 saturated carbocycles. The lowest BCUT2D eigenvalue weighted by molar-refractivity contribution is -0.150. The summed E-state index contributed by atoms with van der Waals surface area (Å²) in [5.74, 6) is 0.599. The zero-order valence-electron chi connectivity index (χ0n) is 21.8. The van der Waals surface area contributed by atoms with Gasteiger partial charge >= 0.3 is 11.9 Å². The second-order valence-corrected chi connectivity index (χ2v) is 9.33. The van der Waals surface area contributed by atoms with Crippen molar-refractivity contribution in [2.75, 3.05) is 65.8 Å². The number of nitrogens with one attached hydrogen (secondary N) is 1. The quantitative estimate of drug-likeness (QED) is 0.572. The van der Waals surface area contributed by atoms with Crippen molar-refractivity contribution in [2.45, 2.75) is 71.3 Å². The Bertz CT molecular complexity index is 603. The molecule has 4 heterocycles. The minimum atomic E-state index is -0.0194. The first-order valence-corrected chi connectivity index (χ1v) is 13.5. The van der Waals surface area contributed by atoms with Crippen molar-refractivity contribution in [3.05, 3.63) is 0 Å². The molecule has 4 aliphatic heterocycles. The number of nitrogens with zero attached hydrogens (tertiary/aromatic N) is 1. The number of carbonyl (C=O) groups is 3. The summed E-state index contributed by atoms with van der Waals surface area (Å²) in [6.07, 6.45) is 7.30. The van der Waals surface area contributed by atoms with Gasteiger partial charge in [0.25, 0.3) is 0 Å². The molecule has 0 atom stereocenters. The summed E-state index contributed by atoms with van der Waals surface area (Å²) in [4.78, 5) is 35.7. The molecule has 9 heteroatoms. The number of ketones is 1. The summed E-state index contributed by atoms with van der Waals surface area (Å²) in [6.45, 7) is 11.7. The van der Waals surface area contributed by atoms with Crippen LogP contribution in [0.3, 0.4) is 0 Å². The Morgan fingerprint density at radius 1 is 0.800 bits per heavy atom. The van der Waals surface area contributed by atoms with Crippen LogP contribution in [0, 0.1) is 11.8 Å². The molecule has 4 saturated heterocycles. The lowest BCUT2D eigenvalue weighted by atomic mass is 9.94. The van der Waals surface area contributed by atoms with Gasteiger partial charge in [-0.05, 0) is 78.6 Å². The van der Waals surface area contributed by atoms with E-state index in [1.54, 1.807) is 0 Å². The molecule has 35 heavy (non-hydrogen) atoms. The first-order valence-electron chi connectivity index (χ1n) is 13.5. The maximum absolute atomic E-state index is 11.6. The highest BCUT2D eigenvalue weighted by atomic mass is 16.5. The van der Waals surface area contributed by atoms with Gasteiger partial charge in [0, 0.05) is 32.1 Å². The van der Waals surface area contributed by atoms with E-state index in [-0.39, 0.29) is 23.8 Å². The van der Waals surface area contributed by atoms with Crippen molar-refractivity contribution in [1.82, 2.24) is 10.2 Å². The summed E-state index contributed by atoms with van der Waals surface area (Å²) >= 11 is 0. The Kier molecular flexibility index (Phi) is 15.1. The molecule has 0 bridgehead atoms. The van der Waals surface area contributed by atoms with Crippen LogP contribution in [0.4, 0.5) is 0 Å². The van der Waals surface area contributed by atoms with Crippen molar-refractivity contribution in [2.24, 2.45) is 11.8 Å². The van der Waals surface area contributed by atoms with Gasteiger partial charge in [0.2, 0.25) is 0 Å². The van der Waals surface area contributed by atoms with Crippen LogP contribution in [0.25, 0.3) is 0 Å². The number of ether oxygens (including phenoxy) is 4. The van der Waals surface area contributed by atoms with E-state index in [1.807, 2.05) is 13.8 Å². The Balaban J connectivity index is 0.000000205. The summed E-state index contributed by atoms with van der Waals surface area (Å²) in [5, 5.41) is 3.20. The number of Topliss-reactive ketones (excluding diaryl/α,β-unsaturated/α-hetero) is 1. The molecule has 4 rings (SSSR count). The van der Waals surface area contributed by atoms with Gasteiger partial charge in [0.05, 0.1) is 38.3 Å². The molecule has 0 aliphatic carbocycles. The molecule has 9 nitrogen and oxygen atoms in total. The van der Waals surface area contributed by atoms with E-state index in [2.05, 4.69) is 10.2 Å². The van der Waals surface area contributed by atoms with Crippen LogP contribution < -0.4 is 5.32 Å². The van der Waals surface area contributed by atoms with Gasteiger partial charge in [0.15, 0.2) is 0 Å².